The van der Waals surface area contributed by atoms with Gasteiger partial charge in [-0.05, 0) is 25.7 Å². The summed E-state index contributed by atoms with van der Waals surface area (Å²) < 4.78 is 8.44. The van der Waals surface area contributed by atoms with Gasteiger partial charge in [0.2, 0.25) is 0 Å². The maximum absolute atomic E-state index is 11.1. The van der Waals surface area contributed by atoms with Crippen LogP contribution in [0.25, 0.3) is 0 Å². The van der Waals surface area contributed by atoms with Crippen LogP contribution in [-0.2, 0) is 17.2 Å². The number of carbonyl (C=O) groups excluding carboxylic acids is 1. The average molecular weight is 231 g/mol. The van der Waals surface area contributed by atoms with Gasteiger partial charge >= 0.3 is 6.09 Å². The number of rotatable bonds is 7. The standard InChI is InChI=1S/C11H21NO2S/c1-4-7-8-9-11(5-2,6-3)14-10(13)12-15/h4-9H2,1-3H3. The molecular formula is C11H21NO2S. The Morgan fingerprint density at radius 2 is 1.87 bits per heavy atom. The molecule has 0 aliphatic carbocycles. The largest absolute Gasteiger partial charge is 0.445 e. The van der Waals surface area contributed by atoms with Gasteiger partial charge in [0, 0.05) is 12.4 Å². The van der Waals surface area contributed by atoms with Gasteiger partial charge in [0.15, 0.2) is 0 Å². The lowest BCUT2D eigenvalue weighted by Crippen LogP contribution is -2.32. The van der Waals surface area contributed by atoms with Crippen molar-refractivity contribution in [1.82, 2.24) is 0 Å². The van der Waals surface area contributed by atoms with Crippen molar-refractivity contribution in [1.29, 1.82) is 0 Å². The van der Waals surface area contributed by atoms with Crippen molar-refractivity contribution < 1.29 is 9.53 Å². The van der Waals surface area contributed by atoms with Crippen LogP contribution in [0, 0.1) is 0 Å². The minimum Gasteiger partial charge on any atom is -0.441 e. The van der Waals surface area contributed by atoms with Gasteiger partial charge < -0.3 is 4.74 Å². The maximum Gasteiger partial charge on any atom is 0.445 e. The Morgan fingerprint density at radius 1 is 1.27 bits per heavy atom. The van der Waals surface area contributed by atoms with E-state index in [2.05, 4.69) is 23.7 Å². The van der Waals surface area contributed by atoms with Gasteiger partial charge in [0.25, 0.3) is 0 Å². The molecular weight excluding hydrogens is 210 g/mol. The maximum atomic E-state index is 11.1. The van der Waals surface area contributed by atoms with Crippen molar-refractivity contribution in [3.8, 4) is 0 Å². The van der Waals surface area contributed by atoms with Gasteiger partial charge in [-0.1, -0.05) is 33.6 Å². The van der Waals surface area contributed by atoms with E-state index in [4.69, 9.17) is 4.74 Å². The van der Waals surface area contributed by atoms with E-state index in [0.29, 0.717) is 0 Å². The third-order valence-electron chi connectivity index (χ3n) is 2.90. The molecule has 0 aromatic rings. The summed E-state index contributed by atoms with van der Waals surface area (Å²) in [6, 6.07) is 0. The normalized spacial score (nSPS) is 11.1. The number of hydrogen-bond acceptors (Lipinski definition) is 3. The summed E-state index contributed by atoms with van der Waals surface area (Å²) in [7, 11) is 0. The summed E-state index contributed by atoms with van der Waals surface area (Å²) in [4.78, 5) is 11.1. The summed E-state index contributed by atoms with van der Waals surface area (Å²) in [5.74, 6) is 0. The third kappa shape index (κ3) is 5.21. The number of carbonyl (C=O) groups is 1. The molecule has 0 rings (SSSR count). The van der Waals surface area contributed by atoms with E-state index >= 15 is 0 Å². The third-order valence-corrected chi connectivity index (χ3v) is 3.05. The highest BCUT2D eigenvalue weighted by Gasteiger charge is 2.29. The van der Waals surface area contributed by atoms with Crippen LogP contribution >= 0.6 is 0 Å². The number of hydrogen-bond donors (Lipinski definition) is 0. The van der Waals surface area contributed by atoms with Crippen LogP contribution in [0.3, 0.4) is 0 Å². The number of ether oxygens (including phenoxy) is 1. The predicted molar refractivity (Wildman–Crippen MR) is 63.7 cm³/mol. The van der Waals surface area contributed by atoms with Crippen LogP contribution in [0.4, 0.5) is 4.79 Å². The molecule has 0 aliphatic rings. The van der Waals surface area contributed by atoms with Gasteiger partial charge in [0.05, 0.1) is 0 Å². The zero-order valence-electron chi connectivity index (χ0n) is 9.91. The molecule has 0 spiro atoms. The quantitative estimate of drug-likeness (QED) is 0.622. The van der Waals surface area contributed by atoms with Crippen LogP contribution in [0.2, 0.25) is 0 Å². The lowest BCUT2D eigenvalue weighted by molar-refractivity contribution is 0.00211. The van der Waals surface area contributed by atoms with E-state index in [-0.39, 0.29) is 5.60 Å². The molecule has 4 heteroatoms. The molecule has 0 unspecified atom stereocenters. The van der Waals surface area contributed by atoms with Gasteiger partial charge in [-0.2, -0.15) is 0 Å². The van der Waals surface area contributed by atoms with E-state index in [1.807, 2.05) is 13.8 Å². The molecule has 0 fully saturated rings. The van der Waals surface area contributed by atoms with Crippen molar-refractivity contribution >= 4 is 18.5 Å². The Balaban J connectivity index is 4.28. The van der Waals surface area contributed by atoms with Crippen molar-refractivity contribution in [3.05, 3.63) is 0 Å². The van der Waals surface area contributed by atoms with Crippen molar-refractivity contribution in [3.63, 3.8) is 0 Å². The Labute approximate surface area is 97.8 Å². The molecule has 0 bridgehead atoms. The molecule has 3 nitrogen and oxygen atoms in total. The summed E-state index contributed by atoms with van der Waals surface area (Å²) in [6.45, 7) is 6.22. The topological polar surface area (TPSA) is 38.7 Å². The SMILES string of the molecule is CCCCCC(CC)(CC)OC(=O)N=S. The average Bonchev–Trinajstić information content (AvgIpc) is 2.27. The fraction of sp³-hybridized carbons (Fsp3) is 0.909. The minimum absolute atomic E-state index is 0.353. The molecule has 0 aliphatic heterocycles. The fourth-order valence-electron chi connectivity index (χ4n) is 1.70. The van der Waals surface area contributed by atoms with Crippen molar-refractivity contribution in [2.75, 3.05) is 0 Å². The number of nitrogens with zero attached hydrogens (tertiary/aromatic N) is 1. The lowest BCUT2D eigenvalue weighted by atomic mass is 9.90. The molecule has 0 radical (unpaired) electrons. The second-order valence-electron chi connectivity index (χ2n) is 3.81. The van der Waals surface area contributed by atoms with Crippen LogP contribution < -0.4 is 0 Å². The number of amides is 1. The first-order valence-electron chi connectivity index (χ1n) is 5.70. The van der Waals surface area contributed by atoms with Gasteiger partial charge in [-0.15, -0.1) is 4.36 Å². The molecule has 0 atom stereocenters. The van der Waals surface area contributed by atoms with E-state index in [0.717, 1.165) is 25.7 Å². The Kier molecular flexibility index (Phi) is 7.48. The second-order valence-corrected chi connectivity index (χ2v) is 3.99. The molecule has 0 saturated carbocycles. The molecule has 0 aromatic heterocycles. The van der Waals surface area contributed by atoms with E-state index < -0.39 is 6.09 Å². The van der Waals surface area contributed by atoms with Crippen molar-refractivity contribution in [2.45, 2.75) is 64.9 Å². The van der Waals surface area contributed by atoms with Gasteiger partial charge in [0.1, 0.15) is 5.60 Å². The Morgan fingerprint density at radius 3 is 2.27 bits per heavy atom. The molecule has 1 amide bonds. The zero-order chi connectivity index (χ0) is 11.7. The molecule has 88 valence electrons. The van der Waals surface area contributed by atoms with Crippen LogP contribution in [0.15, 0.2) is 4.36 Å². The molecule has 0 saturated heterocycles. The van der Waals surface area contributed by atoms with Crippen LogP contribution in [0.5, 0.6) is 0 Å². The zero-order valence-corrected chi connectivity index (χ0v) is 10.7. The van der Waals surface area contributed by atoms with Crippen LogP contribution in [-0.4, -0.2) is 11.7 Å². The van der Waals surface area contributed by atoms with E-state index in [1.165, 1.54) is 12.8 Å². The van der Waals surface area contributed by atoms with Gasteiger partial charge in [-0.25, -0.2) is 4.79 Å². The summed E-state index contributed by atoms with van der Waals surface area (Å²) >= 11 is 4.32. The molecule has 0 aromatic carbocycles. The van der Waals surface area contributed by atoms with Gasteiger partial charge in [-0.3, -0.25) is 0 Å². The molecule has 0 heterocycles. The first kappa shape index (κ1) is 14.5. The summed E-state index contributed by atoms with van der Waals surface area (Å²) in [5.41, 5.74) is -0.353. The second kappa shape index (κ2) is 7.74. The Hall–Kier alpha value is -0.510. The van der Waals surface area contributed by atoms with Crippen LogP contribution in [0.1, 0.15) is 59.3 Å². The highest BCUT2D eigenvalue weighted by atomic mass is 32.1. The molecule has 15 heavy (non-hydrogen) atoms. The smallest absolute Gasteiger partial charge is 0.441 e. The summed E-state index contributed by atoms with van der Waals surface area (Å²) in [6.07, 6.45) is 5.36. The lowest BCUT2D eigenvalue weighted by Gasteiger charge is -2.30. The minimum atomic E-state index is -0.620. The predicted octanol–water partition coefficient (Wildman–Crippen LogP) is 3.99. The fourth-order valence-corrected chi connectivity index (χ4v) is 1.74. The highest BCUT2D eigenvalue weighted by Crippen LogP contribution is 2.27. The monoisotopic (exact) mass is 231 g/mol. The van der Waals surface area contributed by atoms with E-state index in [1.54, 1.807) is 0 Å². The highest BCUT2D eigenvalue weighted by molar-refractivity contribution is 7.47. The first-order valence-corrected chi connectivity index (χ1v) is 6.07. The Bertz CT molecular complexity index is 203. The molecule has 0 N–H and O–H groups in total. The van der Waals surface area contributed by atoms with E-state index in [9.17, 15) is 4.79 Å². The first-order chi connectivity index (χ1) is 7.14. The number of unbranched alkanes of at least 4 members (excludes halogenated alkanes) is 2. The summed E-state index contributed by atoms with van der Waals surface area (Å²) in [5, 5.41) is 0. The van der Waals surface area contributed by atoms with Crippen molar-refractivity contribution in [2.24, 2.45) is 4.36 Å².